The zero-order valence-corrected chi connectivity index (χ0v) is 10.7. The van der Waals surface area contributed by atoms with Gasteiger partial charge in [0.05, 0.1) is 5.56 Å². The lowest BCUT2D eigenvalue weighted by Crippen LogP contribution is -2.36. The summed E-state index contributed by atoms with van der Waals surface area (Å²) in [6, 6.07) is 6.89. The van der Waals surface area contributed by atoms with Gasteiger partial charge in [-0.3, -0.25) is 4.79 Å². The predicted octanol–water partition coefficient (Wildman–Crippen LogP) is 2.35. The van der Waals surface area contributed by atoms with E-state index in [0.717, 1.165) is 18.7 Å². The van der Waals surface area contributed by atoms with Gasteiger partial charge in [0.1, 0.15) is 11.6 Å². The van der Waals surface area contributed by atoms with Crippen LogP contribution in [-0.2, 0) is 0 Å². The Bertz CT molecular complexity index is 511. The molecule has 2 N–H and O–H groups in total. The van der Waals surface area contributed by atoms with E-state index in [4.69, 9.17) is 0 Å². The van der Waals surface area contributed by atoms with Crippen LogP contribution in [0.3, 0.4) is 0 Å². The molecular formula is C15H17FN2O. The van der Waals surface area contributed by atoms with E-state index >= 15 is 0 Å². The molecule has 0 amide bonds. The van der Waals surface area contributed by atoms with Crippen molar-refractivity contribution < 1.29 is 9.18 Å². The maximum absolute atomic E-state index is 13.5. The Morgan fingerprint density at radius 3 is 2.42 bits per heavy atom. The van der Waals surface area contributed by atoms with Crippen molar-refractivity contribution >= 4 is 5.78 Å². The van der Waals surface area contributed by atoms with Gasteiger partial charge in [0.25, 0.3) is 0 Å². The number of nitrogens with one attached hydrogen (secondary N) is 2. The normalized spacial score (nSPS) is 25.2. The zero-order valence-electron chi connectivity index (χ0n) is 10.7. The molecule has 0 unspecified atom stereocenters. The maximum Gasteiger partial charge on any atom is 0.192 e. The van der Waals surface area contributed by atoms with Gasteiger partial charge in [-0.2, -0.15) is 0 Å². The summed E-state index contributed by atoms with van der Waals surface area (Å²) in [5.41, 5.74) is 0.119. The first-order chi connectivity index (χ1) is 9.24. The molecule has 1 aromatic carbocycles. The van der Waals surface area contributed by atoms with Gasteiger partial charge in [-0.25, -0.2) is 4.39 Å². The third kappa shape index (κ3) is 2.48. The van der Waals surface area contributed by atoms with Crippen LogP contribution in [0.5, 0.6) is 0 Å². The number of ketones is 1. The molecule has 1 saturated heterocycles. The lowest BCUT2D eigenvalue weighted by atomic mass is 9.92. The monoisotopic (exact) mass is 260 g/mol. The molecule has 2 fully saturated rings. The summed E-state index contributed by atoms with van der Waals surface area (Å²) in [6.45, 7) is 0. The van der Waals surface area contributed by atoms with Gasteiger partial charge in [0, 0.05) is 18.2 Å². The van der Waals surface area contributed by atoms with Gasteiger partial charge in [0.2, 0.25) is 0 Å². The van der Waals surface area contributed by atoms with Crippen LogP contribution >= 0.6 is 0 Å². The highest BCUT2D eigenvalue weighted by atomic mass is 19.1. The van der Waals surface area contributed by atoms with Gasteiger partial charge < -0.3 is 10.6 Å². The standard InChI is InChI=1S/C15H17FN2O/c16-11-6-2-1-5-10(11)14(19)9-15-17-12-7-3-4-8-13(12)18-15/h1-2,5-6,9,12-13,17-18H,3-4,7-8H2/t12-,13-/m1/s1. The number of hydrogen-bond donors (Lipinski definition) is 2. The highest BCUT2D eigenvalue weighted by molar-refractivity contribution is 6.05. The third-order valence-corrected chi connectivity index (χ3v) is 3.86. The first-order valence-electron chi connectivity index (χ1n) is 6.77. The summed E-state index contributed by atoms with van der Waals surface area (Å²) in [6.07, 6.45) is 6.18. The molecule has 3 nitrogen and oxygen atoms in total. The summed E-state index contributed by atoms with van der Waals surface area (Å²) in [4.78, 5) is 12.0. The summed E-state index contributed by atoms with van der Waals surface area (Å²) in [7, 11) is 0. The lowest BCUT2D eigenvalue weighted by molar-refractivity contribution is 0.104. The van der Waals surface area contributed by atoms with Crippen molar-refractivity contribution in [1.29, 1.82) is 0 Å². The minimum atomic E-state index is -0.472. The molecule has 1 heterocycles. The molecule has 100 valence electrons. The van der Waals surface area contributed by atoms with Crippen LogP contribution in [0.4, 0.5) is 4.39 Å². The molecule has 1 saturated carbocycles. The van der Waals surface area contributed by atoms with Crippen LogP contribution < -0.4 is 10.6 Å². The smallest absolute Gasteiger partial charge is 0.192 e. The van der Waals surface area contributed by atoms with Gasteiger partial charge in [-0.05, 0) is 25.0 Å². The average Bonchev–Trinajstić information content (AvgIpc) is 2.81. The summed E-state index contributed by atoms with van der Waals surface area (Å²) in [5, 5.41) is 6.64. The largest absolute Gasteiger partial charge is 0.367 e. The molecule has 4 heteroatoms. The SMILES string of the molecule is O=C(C=C1N[C@@H]2CCCC[C@H]2N1)c1ccccc1F. The maximum atomic E-state index is 13.5. The van der Waals surface area contributed by atoms with Crippen molar-refractivity contribution in [2.75, 3.05) is 0 Å². The predicted molar refractivity (Wildman–Crippen MR) is 71.1 cm³/mol. The van der Waals surface area contributed by atoms with Crippen molar-refractivity contribution in [3.8, 4) is 0 Å². The molecule has 0 bridgehead atoms. The van der Waals surface area contributed by atoms with E-state index in [1.165, 1.54) is 31.1 Å². The van der Waals surface area contributed by atoms with E-state index in [1.54, 1.807) is 12.1 Å². The number of benzene rings is 1. The van der Waals surface area contributed by atoms with Crippen LogP contribution in [0.25, 0.3) is 0 Å². The van der Waals surface area contributed by atoms with Crippen LogP contribution in [0, 0.1) is 5.82 Å². The average molecular weight is 260 g/mol. The van der Waals surface area contributed by atoms with E-state index in [1.807, 2.05) is 0 Å². The van der Waals surface area contributed by atoms with E-state index in [0.29, 0.717) is 12.1 Å². The van der Waals surface area contributed by atoms with Crippen molar-refractivity contribution in [1.82, 2.24) is 10.6 Å². The van der Waals surface area contributed by atoms with Crippen molar-refractivity contribution in [3.05, 3.63) is 47.5 Å². The fraction of sp³-hybridized carbons (Fsp3) is 0.400. The topological polar surface area (TPSA) is 41.1 Å². The molecule has 1 aliphatic heterocycles. The Kier molecular flexibility index (Phi) is 3.23. The van der Waals surface area contributed by atoms with Crippen molar-refractivity contribution in [2.24, 2.45) is 0 Å². The van der Waals surface area contributed by atoms with Crippen molar-refractivity contribution in [2.45, 2.75) is 37.8 Å². The second kappa shape index (κ2) is 5.03. The Balaban J connectivity index is 1.76. The van der Waals surface area contributed by atoms with Crippen molar-refractivity contribution in [3.63, 3.8) is 0 Å². The number of carbonyl (C=O) groups is 1. The van der Waals surface area contributed by atoms with Gasteiger partial charge in [0.15, 0.2) is 5.78 Å². The minimum absolute atomic E-state index is 0.119. The molecule has 0 radical (unpaired) electrons. The highest BCUT2D eigenvalue weighted by Crippen LogP contribution is 2.24. The van der Waals surface area contributed by atoms with E-state index in [-0.39, 0.29) is 11.3 Å². The lowest BCUT2D eigenvalue weighted by Gasteiger charge is -2.23. The molecule has 2 aliphatic rings. The van der Waals surface area contributed by atoms with Crippen LogP contribution in [0.15, 0.2) is 36.2 Å². The molecule has 1 aromatic rings. The number of halogens is 1. The Hall–Kier alpha value is -1.84. The number of fused-ring (bicyclic) bond motifs is 1. The molecule has 1 aliphatic carbocycles. The molecule has 19 heavy (non-hydrogen) atoms. The molecule has 0 aromatic heterocycles. The highest BCUT2D eigenvalue weighted by Gasteiger charge is 2.31. The summed E-state index contributed by atoms with van der Waals surface area (Å²) in [5.74, 6) is -0.0448. The minimum Gasteiger partial charge on any atom is -0.367 e. The summed E-state index contributed by atoms with van der Waals surface area (Å²) < 4.78 is 13.5. The molecular weight excluding hydrogens is 243 g/mol. The number of hydrogen-bond acceptors (Lipinski definition) is 3. The number of rotatable bonds is 2. The van der Waals surface area contributed by atoms with Crippen LogP contribution in [0.1, 0.15) is 36.0 Å². The number of allylic oxidation sites excluding steroid dienone is 1. The van der Waals surface area contributed by atoms with Crippen LogP contribution in [0.2, 0.25) is 0 Å². The molecule has 0 spiro atoms. The Morgan fingerprint density at radius 2 is 1.79 bits per heavy atom. The summed E-state index contributed by atoms with van der Waals surface area (Å²) >= 11 is 0. The number of carbonyl (C=O) groups excluding carboxylic acids is 1. The fourth-order valence-corrected chi connectivity index (χ4v) is 2.87. The quantitative estimate of drug-likeness (QED) is 0.633. The van der Waals surface area contributed by atoms with Gasteiger partial charge in [-0.15, -0.1) is 0 Å². The first-order valence-corrected chi connectivity index (χ1v) is 6.77. The Morgan fingerprint density at radius 1 is 1.16 bits per heavy atom. The second-order valence-electron chi connectivity index (χ2n) is 5.19. The fourth-order valence-electron chi connectivity index (χ4n) is 2.87. The van der Waals surface area contributed by atoms with Crippen LogP contribution in [-0.4, -0.2) is 17.9 Å². The molecule has 3 rings (SSSR count). The zero-order chi connectivity index (χ0) is 13.2. The molecule has 2 atom stereocenters. The van der Waals surface area contributed by atoms with Gasteiger partial charge >= 0.3 is 0 Å². The van der Waals surface area contributed by atoms with E-state index in [2.05, 4.69) is 10.6 Å². The van der Waals surface area contributed by atoms with E-state index in [9.17, 15) is 9.18 Å². The van der Waals surface area contributed by atoms with Gasteiger partial charge in [-0.1, -0.05) is 25.0 Å². The second-order valence-corrected chi connectivity index (χ2v) is 5.19. The van der Waals surface area contributed by atoms with E-state index < -0.39 is 5.82 Å². The Labute approximate surface area is 111 Å². The third-order valence-electron chi connectivity index (χ3n) is 3.86. The first kappa shape index (κ1) is 12.2.